The highest BCUT2D eigenvalue weighted by Gasteiger charge is 2.46. The number of amides is 16. The molecule has 129 heavy (non-hydrogen) atoms. The summed E-state index contributed by atoms with van der Waals surface area (Å²) >= 11 is 0.769. The van der Waals surface area contributed by atoms with E-state index < -0.39 is 248 Å². The van der Waals surface area contributed by atoms with Crippen LogP contribution in [0.5, 0.6) is 5.75 Å². The number of nitrogens with one attached hydrogen (secondary N) is 11. The molecule has 3 aromatic carbocycles. The molecule has 9 rings (SSSR count). The number of carboxylic acid groups (broad SMARTS) is 1. The number of thioether (sulfide) groups is 1. The van der Waals surface area contributed by atoms with E-state index in [1.165, 1.54) is 48.2 Å². The Labute approximate surface area is 749 Å². The Kier molecular flexibility index (Phi) is 37.3. The van der Waals surface area contributed by atoms with Crippen molar-refractivity contribution >= 4 is 140 Å². The summed E-state index contributed by atoms with van der Waals surface area (Å²) < 4.78 is 0. The summed E-state index contributed by atoms with van der Waals surface area (Å²) in [6.45, 7) is 1.29. The maximum absolute atomic E-state index is 15.7. The van der Waals surface area contributed by atoms with Crippen molar-refractivity contribution in [3.05, 3.63) is 102 Å². The number of nitrogens with zero attached hydrogens (tertiary/aromatic N) is 5. The number of fused-ring (bicyclic) bond motifs is 5. The number of hydrogen-bond donors (Lipinski definition) is 18. The molecule has 4 fully saturated rings. The third-order valence-corrected chi connectivity index (χ3v) is 24.9. The number of aromatic nitrogens is 2. The number of likely N-dealkylation sites (N-methyl/N-ethyl adjacent to an activating group) is 2. The van der Waals surface area contributed by atoms with Crippen molar-refractivity contribution in [1.29, 1.82) is 0 Å². The number of H-pyrrole nitrogens is 2. The molecule has 41 nitrogen and oxygen atoms in total. The van der Waals surface area contributed by atoms with Gasteiger partial charge in [0.15, 0.2) is 5.78 Å². The summed E-state index contributed by atoms with van der Waals surface area (Å²) in [5.74, 6) is -19.0. The van der Waals surface area contributed by atoms with Crippen molar-refractivity contribution in [1.82, 2.24) is 82.3 Å². The zero-order valence-electron chi connectivity index (χ0n) is 72.9. The highest BCUT2D eigenvalue weighted by atomic mass is 32.2. The minimum absolute atomic E-state index is 0.0101. The lowest BCUT2D eigenvalue weighted by Gasteiger charge is -2.36. The van der Waals surface area contributed by atoms with Crippen LogP contribution in [0.1, 0.15) is 140 Å². The van der Waals surface area contributed by atoms with E-state index in [-0.39, 0.29) is 109 Å². The Bertz CT molecular complexity index is 4890. The highest BCUT2D eigenvalue weighted by Crippen LogP contribution is 2.29. The second kappa shape index (κ2) is 48.0. The Balaban J connectivity index is 1.07. The standard InChI is InChI=1S/C87H121N21O20S/c1-5-7-20-65-79(120)101-63(42-90)78(119)103-64(76(117)95-45-72(92)112)46-129-47-73(113)96-59(36-48-25-27-52(109)28-26-48)85(126)107-34-14-23-67(107)81(122)100-61(40-74(114)115)86(127)108-35-15-24-68(108)82(123)102-62(41-89)77(118)97-57(29-30-71(91)111)84(125)106-33-13-22-66(106)80(121)98-58(37-50-43-93-55-18-11-9-16-53(50)55)70(110)39-49(31-32-88)75(116)99-60(38-51-44-94-56-19-12-10-17-54(51)56)83(124)105(4)69(21-8-6-2)87(128)104(65)3/h9-12,16-19,25-28,43-44,49,57-69,93-94,109H,5-8,13-15,20-24,29-42,45-47,88-90H2,1-4H3,(H2,91,111)(H2,92,112)(H,95,117)(H,96,113)(H,97,118)(H,98,121)(H,99,116)(H,100,122)(H,101,120)(H,102,123)(H,103,119)(H,114,115)/t49-,57+,58+,59+,60+,61?,62+,63+,64+,65+,66+,67+,68+,69+/m1/s1. The van der Waals surface area contributed by atoms with Crippen LogP contribution in [0.3, 0.4) is 0 Å². The highest BCUT2D eigenvalue weighted by molar-refractivity contribution is 8.00. The first-order chi connectivity index (χ1) is 61.7. The van der Waals surface area contributed by atoms with Crippen molar-refractivity contribution in [2.24, 2.45) is 34.6 Å². The van der Waals surface area contributed by atoms with Gasteiger partial charge in [-0.2, -0.15) is 0 Å². The quantitative estimate of drug-likeness (QED) is 0.0297. The van der Waals surface area contributed by atoms with Crippen LogP contribution < -0.4 is 76.5 Å². The molecular formula is C87H121N21O20S. The number of aromatic amines is 2. The minimum Gasteiger partial charge on any atom is -0.508 e. The number of aromatic hydroxyl groups is 1. The van der Waals surface area contributed by atoms with Crippen LogP contribution in [0.2, 0.25) is 0 Å². The fourth-order valence-corrected chi connectivity index (χ4v) is 17.7. The number of Topliss-reactive ketones (excluding diaryl/α,β-unsaturated/α-hetero) is 1. The van der Waals surface area contributed by atoms with Crippen molar-refractivity contribution < 1.29 is 96.5 Å². The fourth-order valence-electron chi connectivity index (χ4n) is 16.8. The number of nitrogens with two attached hydrogens (primary N) is 5. The van der Waals surface area contributed by atoms with Crippen LogP contribution >= 0.6 is 11.8 Å². The number of unbranched alkanes of at least 4 members (excludes halogenated alkanes) is 2. The average molecular weight is 1810 g/mol. The lowest BCUT2D eigenvalue weighted by Crippen LogP contribution is -2.61. The summed E-state index contributed by atoms with van der Waals surface area (Å²) in [5.41, 5.74) is 32.6. The first-order valence-corrected chi connectivity index (χ1v) is 44.9. The van der Waals surface area contributed by atoms with Crippen molar-refractivity contribution in [3.63, 3.8) is 0 Å². The van der Waals surface area contributed by atoms with E-state index in [2.05, 4.69) is 57.8 Å². The Morgan fingerprint density at radius 2 is 0.953 bits per heavy atom. The number of hydrogen-bond acceptors (Lipinski definition) is 23. The first-order valence-electron chi connectivity index (χ1n) is 43.7. The molecule has 1 unspecified atom stereocenters. The van der Waals surface area contributed by atoms with E-state index in [4.69, 9.17) is 28.7 Å². The maximum Gasteiger partial charge on any atom is 0.305 e. The summed E-state index contributed by atoms with van der Waals surface area (Å²) in [5, 5.41) is 45.3. The summed E-state index contributed by atoms with van der Waals surface area (Å²) in [4.78, 5) is 272. The predicted octanol–water partition coefficient (Wildman–Crippen LogP) is -2.80. The molecule has 2 aromatic heterocycles. The van der Waals surface area contributed by atoms with Gasteiger partial charge in [-0.15, -0.1) is 11.8 Å². The van der Waals surface area contributed by atoms with Gasteiger partial charge in [0.25, 0.3) is 0 Å². The molecule has 16 amide bonds. The molecule has 0 saturated carbocycles. The molecule has 42 heteroatoms. The van der Waals surface area contributed by atoms with Crippen molar-refractivity contribution in [2.75, 3.05) is 71.4 Å². The molecular weight excluding hydrogens is 1690 g/mol. The largest absolute Gasteiger partial charge is 0.508 e. The number of para-hydroxylation sites is 2. The average Bonchev–Trinajstić information content (AvgIpc) is 1.77. The van der Waals surface area contributed by atoms with Crippen molar-refractivity contribution in [3.8, 4) is 5.75 Å². The number of carboxylic acids is 1. The van der Waals surface area contributed by atoms with Gasteiger partial charge in [0, 0.05) is 125 Å². The topological polar surface area (TPSA) is 634 Å². The number of benzene rings is 3. The molecule has 23 N–H and O–H groups in total. The van der Waals surface area contributed by atoms with Crippen LogP contribution in [0.4, 0.5) is 0 Å². The number of ketones is 1. The molecule has 0 bridgehead atoms. The minimum atomic E-state index is -1.87. The molecule has 4 saturated heterocycles. The number of phenols is 1. The smallest absolute Gasteiger partial charge is 0.305 e. The first kappa shape index (κ1) is 100. The number of aliphatic carboxylic acids is 1. The van der Waals surface area contributed by atoms with E-state index in [1.807, 2.05) is 26.0 Å². The van der Waals surface area contributed by atoms with Gasteiger partial charge in [-0.1, -0.05) is 88.1 Å². The molecule has 0 aliphatic carbocycles. The summed E-state index contributed by atoms with van der Waals surface area (Å²) in [6, 6.07) is 0.386. The van der Waals surface area contributed by atoms with Gasteiger partial charge in [-0.3, -0.25) is 86.3 Å². The Morgan fingerprint density at radius 1 is 0.488 bits per heavy atom. The predicted molar refractivity (Wildman–Crippen MR) is 473 cm³/mol. The van der Waals surface area contributed by atoms with E-state index >= 15 is 28.8 Å². The van der Waals surface area contributed by atoms with Gasteiger partial charge >= 0.3 is 5.97 Å². The molecule has 4 aliphatic rings. The fraction of sp³-hybridized carbons (Fsp3) is 0.540. The van der Waals surface area contributed by atoms with Gasteiger partial charge < -0.3 is 121 Å². The molecule has 14 atom stereocenters. The van der Waals surface area contributed by atoms with E-state index in [9.17, 15) is 67.7 Å². The zero-order chi connectivity index (χ0) is 93.9. The number of carbonyl (C=O) groups excluding carboxylic acids is 17. The molecule has 0 radical (unpaired) electrons. The van der Waals surface area contributed by atoms with E-state index in [0.717, 1.165) is 26.5 Å². The second-order valence-electron chi connectivity index (χ2n) is 33.0. The number of rotatable bonds is 24. The van der Waals surface area contributed by atoms with Crippen LogP contribution in [0.25, 0.3) is 21.8 Å². The lowest BCUT2D eigenvalue weighted by molar-refractivity contribution is -0.149. The monoisotopic (exact) mass is 1810 g/mol. The SMILES string of the molecule is CCCC[C@H]1C(=O)N(C)[C@@H](CCCC)C(=O)N[C@@H](CN)C(=O)N[C@H](C(=O)NCC(N)=O)CSCC(=O)N[C@@H](Cc2ccc(O)cc2)C(=O)N2CCC[C@H]2C(=O)NC(CC(=O)O)C(=O)N2CCC[C@H]2C(=O)N[C@@H](CN)C(=O)N[C@@H](CCC(N)=O)C(=O)N2CCC[C@H]2C(=O)N[C@@H](Cc2c[nH]c3ccccc23)C(=O)C[C@@H](CCN)C(=O)N[C@@H](Cc2c[nH]c3ccccc23)C(=O)N1C. The number of phenolic OH excluding ortho intramolecular Hbond substituents is 1. The van der Waals surface area contributed by atoms with Crippen LogP contribution in [0.15, 0.2) is 85.2 Å². The molecule has 700 valence electrons. The summed E-state index contributed by atoms with van der Waals surface area (Å²) in [7, 11) is 2.75. The van der Waals surface area contributed by atoms with E-state index in [1.54, 1.807) is 48.8 Å². The number of primary amides is 2. The van der Waals surface area contributed by atoms with Gasteiger partial charge in [0.1, 0.15) is 78.3 Å². The van der Waals surface area contributed by atoms with Crippen molar-refractivity contribution in [2.45, 2.75) is 221 Å². The van der Waals surface area contributed by atoms with Gasteiger partial charge in [0.2, 0.25) is 94.5 Å². The Morgan fingerprint density at radius 3 is 1.47 bits per heavy atom. The zero-order valence-corrected chi connectivity index (χ0v) is 73.8. The van der Waals surface area contributed by atoms with Crippen LogP contribution in [-0.2, 0) is 106 Å². The van der Waals surface area contributed by atoms with Crippen LogP contribution in [-0.4, -0.2) is 301 Å². The third kappa shape index (κ3) is 27.0. The summed E-state index contributed by atoms with van der Waals surface area (Å²) in [6.07, 6.45) is 2.39. The lowest BCUT2D eigenvalue weighted by atomic mass is 9.91. The molecule has 0 spiro atoms. The third-order valence-electron chi connectivity index (χ3n) is 23.9. The second-order valence-corrected chi connectivity index (χ2v) is 34.1. The van der Waals surface area contributed by atoms with Gasteiger partial charge in [0.05, 0.1) is 24.8 Å². The molecule has 6 heterocycles. The normalized spacial score (nSPS) is 25.2. The number of carbonyl (C=O) groups is 18. The molecule has 4 aliphatic heterocycles. The van der Waals surface area contributed by atoms with Gasteiger partial charge in [-0.05, 0) is 112 Å². The Hall–Kier alpha value is -12.6. The maximum atomic E-state index is 15.7. The van der Waals surface area contributed by atoms with E-state index in [0.29, 0.717) is 64.2 Å². The molecule has 5 aromatic rings. The van der Waals surface area contributed by atoms with Crippen LogP contribution in [0, 0.1) is 5.92 Å². The van der Waals surface area contributed by atoms with Gasteiger partial charge in [-0.25, -0.2) is 0 Å².